The molecule has 0 unspecified atom stereocenters. The summed E-state index contributed by atoms with van der Waals surface area (Å²) in [4.78, 5) is 14.5. The van der Waals surface area contributed by atoms with Crippen LogP contribution in [0.25, 0.3) is 22.4 Å². The average Bonchev–Trinajstić information content (AvgIpc) is 2.90. The standard InChI is InChI=1S/C18H16N2O2/c1-11-16(18(19)22)10-17(20-11)13-7-5-12(6-8-13)14-3-2-4-15(21)9-14/h2-10,20-21H,1H3,(H2,19,22). The number of nitrogens with one attached hydrogen (secondary N) is 1. The third-order valence-corrected chi connectivity index (χ3v) is 3.66. The fourth-order valence-corrected chi connectivity index (χ4v) is 2.50. The number of H-pyrrole nitrogens is 1. The quantitative estimate of drug-likeness (QED) is 0.691. The summed E-state index contributed by atoms with van der Waals surface area (Å²) >= 11 is 0. The number of hydrogen-bond donors (Lipinski definition) is 3. The van der Waals surface area contributed by atoms with Gasteiger partial charge in [0.1, 0.15) is 5.75 Å². The number of hydrogen-bond acceptors (Lipinski definition) is 2. The van der Waals surface area contributed by atoms with E-state index in [0.29, 0.717) is 5.56 Å². The van der Waals surface area contributed by atoms with Crippen molar-refractivity contribution < 1.29 is 9.90 Å². The average molecular weight is 292 g/mol. The third kappa shape index (κ3) is 2.59. The van der Waals surface area contributed by atoms with Crippen molar-refractivity contribution in [3.8, 4) is 28.1 Å². The summed E-state index contributed by atoms with van der Waals surface area (Å²) in [5, 5.41) is 9.54. The van der Waals surface area contributed by atoms with Crippen molar-refractivity contribution in [3.05, 3.63) is 65.9 Å². The molecule has 3 rings (SSSR count). The maximum Gasteiger partial charge on any atom is 0.250 e. The number of benzene rings is 2. The molecule has 0 saturated carbocycles. The molecule has 0 atom stereocenters. The number of aromatic nitrogens is 1. The zero-order valence-electron chi connectivity index (χ0n) is 12.1. The normalized spacial score (nSPS) is 10.6. The SMILES string of the molecule is Cc1[nH]c(-c2ccc(-c3cccc(O)c3)cc2)cc1C(N)=O. The van der Waals surface area contributed by atoms with Gasteiger partial charge in [-0.2, -0.15) is 0 Å². The maximum atomic E-state index is 11.3. The van der Waals surface area contributed by atoms with Gasteiger partial charge in [-0.05, 0) is 41.8 Å². The fraction of sp³-hybridized carbons (Fsp3) is 0.0556. The van der Waals surface area contributed by atoms with E-state index in [1.807, 2.05) is 43.3 Å². The topological polar surface area (TPSA) is 79.1 Å². The number of nitrogens with two attached hydrogens (primary N) is 1. The monoisotopic (exact) mass is 292 g/mol. The minimum absolute atomic E-state index is 0.243. The smallest absolute Gasteiger partial charge is 0.250 e. The molecule has 0 aliphatic rings. The predicted molar refractivity (Wildman–Crippen MR) is 86.6 cm³/mol. The summed E-state index contributed by atoms with van der Waals surface area (Å²) < 4.78 is 0. The Balaban J connectivity index is 1.94. The van der Waals surface area contributed by atoms with Crippen LogP contribution in [-0.2, 0) is 0 Å². The van der Waals surface area contributed by atoms with Crippen LogP contribution in [0.15, 0.2) is 54.6 Å². The van der Waals surface area contributed by atoms with Crippen molar-refractivity contribution in [2.24, 2.45) is 5.73 Å². The molecule has 0 radical (unpaired) electrons. The van der Waals surface area contributed by atoms with Gasteiger partial charge < -0.3 is 15.8 Å². The van der Waals surface area contributed by atoms with Crippen molar-refractivity contribution in [2.75, 3.05) is 0 Å². The van der Waals surface area contributed by atoms with E-state index in [4.69, 9.17) is 5.73 Å². The van der Waals surface area contributed by atoms with Gasteiger partial charge in [0.05, 0.1) is 5.56 Å². The first kappa shape index (κ1) is 13.9. The van der Waals surface area contributed by atoms with E-state index >= 15 is 0 Å². The summed E-state index contributed by atoms with van der Waals surface area (Å²) in [7, 11) is 0. The van der Waals surface area contributed by atoms with Crippen LogP contribution < -0.4 is 5.73 Å². The van der Waals surface area contributed by atoms with Gasteiger partial charge >= 0.3 is 0 Å². The molecular formula is C18H16N2O2. The Kier molecular flexibility index (Phi) is 3.43. The molecule has 0 aliphatic carbocycles. The number of aromatic hydroxyl groups is 1. The molecule has 1 heterocycles. The van der Waals surface area contributed by atoms with Crippen LogP contribution >= 0.6 is 0 Å². The van der Waals surface area contributed by atoms with Crippen LogP contribution in [0, 0.1) is 6.92 Å². The molecule has 0 aliphatic heterocycles. The number of carbonyl (C=O) groups excluding carboxylic acids is 1. The van der Waals surface area contributed by atoms with Crippen molar-refractivity contribution >= 4 is 5.91 Å². The Labute approximate surface area is 128 Å². The minimum atomic E-state index is -0.434. The summed E-state index contributed by atoms with van der Waals surface area (Å²) in [6.45, 7) is 1.82. The van der Waals surface area contributed by atoms with E-state index in [2.05, 4.69) is 4.98 Å². The first-order chi connectivity index (χ1) is 10.5. The van der Waals surface area contributed by atoms with Gasteiger partial charge in [0.2, 0.25) is 0 Å². The summed E-state index contributed by atoms with van der Waals surface area (Å²) in [5.74, 6) is -0.191. The van der Waals surface area contributed by atoms with Crippen LogP contribution in [0.1, 0.15) is 16.1 Å². The molecule has 110 valence electrons. The van der Waals surface area contributed by atoms with Gasteiger partial charge in [0.15, 0.2) is 0 Å². The van der Waals surface area contributed by atoms with Gasteiger partial charge in [-0.3, -0.25) is 4.79 Å². The molecule has 3 aromatic rings. The molecule has 1 amide bonds. The lowest BCUT2D eigenvalue weighted by molar-refractivity contribution is 0.1000. The highest BCUT2D eigenvalue weighted by molar-refractivity contribution is 5.95. The molecule has 4 N–H and O–H groups in total. The molecule has 0 spiro atoms. The van der Waals surface area contributed by atoms with E-state index in [-0.39, 0.29) is 5.75 Å². The van der Waals surface area contributed by atoms with Crippen LogP contribution in [0.4, 0.5) is 0 Å². The molecule has 0 bridgehead atoms. The highest BCUT2D eigenvalue weighted by Gasteiger charge is 2.10. The van der Waals surface area contributed by atoms with Crippen molar-refractivity contribution in [3.63, 3.8) is 0 Å². The number of aryl methyl sites for hydroxylation is 1. The van der Waals surface area contributed by atoms with Crippen LogP contribution in [0.3, 0.4) is 0 Å². The Morgan fingerprint density at radius 2 is 1.68 bits per heavy atom. The maximum absolute atomic E-state index is 11.3. The van der Waals surface area contributed by atoms with E-state index in [9.17, 15) is 9.90 Å². The number of phenolic OH excluding ortho intramolecular Hbond substituents is 1. The summed E-state index contributed by atoms with van der Waals surface area (Å²) in [6.07, 6.45) is 0. The third-order valence-electron chi connectivity index (χ3n) is 3.66. The minimum Gasteiger partial charge on any atom is -0.508 e. The predicted octanol–water partition coefficient (Wildman–Crippen LogP) is 3.46. The lowest BCUT2D eigenvalue weighted by Crippen LogP contribution is -2.10. The van der Waals surface area contributed by atoms with Gasteiger partial charge in [0, 0.05) is 11.4 Å². The first-order valence-corrected chi connectivity index (χ1v) is 6.94. The molecule has 4 heteroatoms. The lowest BCUT2D eigenvalue weighted by atomic mass is 10.0. The molecular weight excluding hydrogens is 276 g/mol. The lowest BCUT2D eigenvalue weighted by Gasteiger charge is -2.04. The van der Waals surface area contributed by atoms with Gasteiger partial charge in [-0.25, -0.2) is 0 Å². The second-order valence-corrected chi connectivity index (χ2v) is 5.21. The molecule has 0 saturated heterocycles. The number of rotatable bonds is 3. The molecule has 22 heavy (non-hydrogen) atoms. The van der Waals surface area contributed by atoms with Crippen LogP contribution in [-0.4, -0.2) is 16.0 Å². The summed E-state index contributed by atoms with van der Waals surface area (Å²) in [6, 6.07) is 16.8. The Bertz CT molecular complexity index is 833. The number of primary amides is 1. The van der Waals surface area contributed by atoms with Gasteiger partial charge in [-0.15, -0.1) is 0 Å². The molecule has 0 fully saturated rings. The van der Waals surface area contributed by atoms with E-state index in [1.54, 1.807) is 18.2 Å². The largest absolute Gasteiger partial charge is 0.508 e. The van der Waals surface area contributed by atoms with Crippen LogP contribution in [0.2, 0.25) is 0 Å². The highest BCUT2D eigenvalue weighted by atomic mass is 16.3. The molecule has 2 aromatic carbocycles. The molecule has 1 aromatic heterocycles. The first-order valence-electron chi connectivity index (χ1n) is 6.94. The number of phenols is 1. The fourth-order valence-electron chi connectivity index (χ4n) is 2.50. The summed E-state index contributed by atoms with van der Waals surface area (Å²) in [5.41, 5.74) is 10.4. The van der Waals surface area contributed by atoms with E-state index in [1.165, 1.54) is 0 Å². The van der Waals surface area contributed by atoms with Crippen molar-refractivity contribution in [2.45, 2.75) is 6.92 Å². The van der Waals surface area contributed by atoms with E-state index in [0.717, 1.165) is 28.1 Å². The second-order valence-electron chi connectivity index (χ2n) is 5.21. The zero-order chi connectivity index (χ0) is 15.7. The Morgan fingerprint density at radius 1 is 1.00 bits per heavy atom. The van der Waals surface area contributed by atoms with Gasteiger partial charge in [-0.1, -0.05) is 36.4 Å². The molecule has 4 nitrogen and oxygen atoms in total. The van der Waals surface area contributed by atoms with Crippen molar-refractivity contribution in [1.82, 2.24) is 4.98 Å². The van der Waals surface area contributed by atoms with E-state index < -0.39 is 5.91 Å². The van der Waals surface area contributed by atoms with Crippen LogP contribution in [0.5, 0.6) is 5.75 Å². The number of amides is 1. The number of carbonyl (C=O) groups is 1. The van der Waals surface area contributed by atoms with Gasteiger partial charge in [0.25, 0.3) is 5.91 Å². The second kappa shape index (κ2) is 5.41. The Hall–Kier alpha value is -3.01. The van der Waals surface area contributed by atoms with Crippen molar-refractivity contribution in [1.29, 1.82) is 0 Å². The Morgan fingerprint density at radius 3 is 2.27 bits per heavy atom. The number of aromatic amines is 1. The highest BCUT2D eigenvalue weighted by Crippen LogP contribution is 2.27. The zero-order valence-corrected chi connectivity index (χ0v) is 12.1.